The Balaban J connectivity index is 1.62. The fourth-order valence-electron chi connectivity index (χ4n) is 3.41. The number of amidine groups is 1. The number of halogens is 1. The second-order valence-electron chi connectivity index (χ2n) is 7.47. The van der Waals surface area contributed by atoms with Gasteiger partial charge in [0.25, 0.3) is 11.8 Å². The zero-order chi connectivity index (χ0) is 23.4. The third-order valence-electron chi connectivity index (χ3n) is 5.13. The zero-order valence-corrected chi connectivity index (χ0v) is 18.5. The number of fused-ring (bicyclic) bond motifs is 1. The van der Waals surface area contributed by atoms with Crippen molar-refractivity contribution in [3.8, 4) is 6.07 Å². The van der Waals surface area contributed by atoms with Crippen molar-refractivity contribution in [2.24, 2.45) is 4.99 Å². The van der Waals surface area contributed by atoms with Crippen molar-refractivity contribution in [2.45, 2.75) is 13.5 Å². The van der Waals surface area contributed by atoms with Gasteiger partial charge in [-0.25, -0.2) is 4.99 Å². The Hall–Kier alpha value is -4.21. The van der Waals surface area contributed by atoms with Gasteiger partial charge in [-0.05, 0) is 30.7 Å². The fraction of sp³-hybridized carbons (Fsp3) is 0.0769. The summed E-state index contributed by atoms with van der Waals surface area (Å²) < 4.78 is 0. The van der Waals surface area contributed by atoms with Crippen molar-refractivity contribution in [3.05, 3.63) is 111 Å². The zero-order valence-electron chi connectivity index (χ0n) is 17.7. The lowest BCUT2D eigenvalue weighted by atomic mass is 10.0. The minimum Gasteiger partial charge on any atom is -0.347 e. The first kappa shape index (κ1) is 22.0. The number of nitrogens with one attached hydrogen (secondary N) is 2. The number of nitrogens with zero attached hydrogens (tertiary/aromatic N) is 2. The lowest BCUT2D eigenvalue weighted by Gasteiger charge is -2.07. The molecule has 3 aromatic rings. The summed E-state index contributed by atoms with van der Waals surface area (Å²) in [6.07, 6.45) is 0. The van der Waals surface area contributed by atoms with E-state index in [1.807, 2.05) is 37.3 Å². The van der Waals surface area contributed by atoms with Gasteiger partial charge in [0.1, 0.15) is 17.5 Å². The van der Waals surface area contributed by atoms with Crippen LogP contribution in [0.25, 0.3) is 5.70 Å². The number of aryl methyl sites for hydroxylation is 1. The highest BCUT2D eigenvalue weighted by Gasteiger charge is 2.27. The standard InChI is InChI=1S/C26H19ClN4O2/c1-16-9-11-17(12-10-16)15-29-26(33)22(14-28)23-20-7-2-3-8-21(20)24(30-23)31-25(32)18-5-4-6-19(27)13-18/h2-13H,15H2,1H3,(H,29,33)(H,30,31,32)/b23-22-. The van der Waals surface area contributed by atoms with Gasteiger partial charge in [0, 0.05) is 28.3 Å². The number of hydrogen-bond acceptors (Lipinski definition) is 4. The Kier molecular flexibility index (Phi) is 6.34. The first-order chi connectivity index (χ1) is 16.0. The van der Waals surface area contributed by atoms with Crippen molar-refractivity contribution in [1.29, 1.82) is 5.26 Å². The minimum atomic E-state index is -0.533. The van der Waals surface area contributed by atoms with Gasteiger partial charge in [-0.15, -0.1) is 0 Å². The summed E-state index contributed by atoms with van der Waals surface area (Å²) in [5.74, 6) is -0.659. The largest absolute Gasteiger partial charge is 0.347 e. The van der Waals surface area contributed by atoms with Crippen LogP contribution in [0.15, 0.2) is 83.4 Å². The number of rotatable bonds is 4. The number of amides is 2. The number of hydrogen-bond donors (Lipinski definition) is 2. The molecule has 1 heterocycles. The first-order valence-corrected chi connectivity index (χ1v) is 10.6. The molecule has 1 aliphatic heterocycles. The Morgan fingerprint density at radius 2 is 1.73 bits per heavy atom. The quantitative estimate of drug-likeness (QED) is 0.452. The molecule has 0 aromatic heterocycles. The third kappa shape index (κ3) is 4.84. The predicted molar refractivity (Wildman–Crippen MR) is 127 cm³/mol. The van der Waals surface area contributed by atoms with Crippen LogP contribution in [-0.2, 0) is 11.3 Å². The normalized spacial score (nSPS) is 13.4. The van der Waals surface area contributed by atoms with Gasteiger partial charge in [0.15, 0.2) is 0 Å². The van der Waals surface area contributed by atoms with Crippen LogP contribution in [0, 0.1) is 18.3 Å². The smallest absolute Gasteiger partial charge is 0.264 e. The molecule has 0 unspecified atom stereocenters. The van der Waals surface area contributed by atoms with E-state index >= 15 is 0 Å². The molecular formula is C26H19ClN4O2. The maximum atomic E-state index is 12.8. The molecule has 1 aliphatic rings. The average molecular weight is 455 g/mol. The SMILES string of the molecule is Cc1ccc(CNC(=O)/C(C#N)=C2\N=C(NC(=O)c3cccc(Cl)c3)c3ccccc32)cc1. The van der Waals surface area contributed by atoms with Gasteiger partial charge >= 0.3 is 0 Å². The highest BCUT2D eigenvalue weighted by molar-refractivity contribution is 6.31. The van der Waals surface area contributed by atoms with Crippen LogP contribution < -0.4 is 10.6 Å². The Morgan fingerprint density at radius 3 is 2.42 bits per heavy atom. The van der Waals surface area contributed by atoms with Gasteiger partial charge in [0.2, 0.25) is 0 Å². The van der Waals surface area contributed by atoms with E-state index in [1.165, 1.54) is 0 Å². The second-order valence-corrected chi connectivity index (χ2v) is 7.91. The molecule has 0 spiro atoms. The molecule has 0 fully saturated rings. The third-order valence-corrected chi connectivity index (χ3v) is 5.36. The molecule has 0 saturated carbocycles. The van der Waals surface area contributed by atoms with E-state index in [4.69, 9.17) is 11.6 Å². The van der Waals surface area contributed by atoms with E-state index in [9.17, 15) is 14.9 Å². The van der Waals surface area contributed by atoms with Crippen molar-refractivity contribution < 1.29 is 9.59 Å². The molecule has 0 aliphatic carbocycles. The summed E-state index contributed by atoms with van der Waals surface area (Å²) >= 11 is 5.99. The molecule has 3 aromatic carbocycles. The van der Waals surface area contributed by atoms with Crippen molar-refractivity contribution in [2.75, 3.05) is 0 Å². The van der Waals surface area contributed by atoms with Crippen LogP contribution in [0.2, 0.25) is 5.02 Å². The lowest BCUT2D eigenvalue weighted by molar-refractivity contribution is -0.117. The van der Waals surface area contributed by atoms with Crippen LogP contribution in [0.3, 0.4) is 0 Å². The molecule has 7 heteroatoms. The van der Waals surface area contributed by atoms with Crippen molar-refractivity contribution >= 4 is 34.9 Å². The molecule has 0 bridgehead atoms. The molecule has 6 nitrogen and oxygen atoms in total. The Bertz CT molecular complexity index is 1350. The average Bonchev–Trinajstić information content (AvgIpc) is 3.17. The lowest BCUT2D eigenvalue weighted by Crippen LogP contribution is -2.30. The fourth-order valence-corrected chi connectivity index (χ4v) is 3.60. The number of carbonyl (C=O) groups is 2. The molecule has 162 valence electrons. The second kappa shape index (κ2) is 9.51. The highest BCUT2D eigenvalue weighted by Crippen LogP contribution is 2.30. The highest BCUT2D eigenvalue weighted by atomic mass is 35.5. The van der Waals surface area contributed by atoms with Crippen LogP contribution >= 0.6 is 11.6 Å². The number of benzene rings is 3. The molecule has 2 N–H and O–H groups in total. The summed E-state index contributed by atoms with van der Waals surface area (Å²) in [4.78, 5) is 30.0. The Labute approximate surface area is 196 Å². The maximum Gasteiger partial charge on any atom is 0.264 e. The predicted octanol–water partition coefficient (Wildman–Crippen LogP) is 4.39. The topological polar surface area (TPSA) is 94.3 Å². The number of nitriles is 1. The minimum absolute atomic E-state index is 0.124. The van der Waals surface area contributed by atoms with Gasteiger partial charge in [-0.2, -0.15) is 5.26 Å². The first-order valence-electron chi connectivity index (χ1n) is 10.2. The van der Waals surface area contributed by atoms with Crippen molar-refractivity contribution in [3.63, 3.8) is 0 Å². The molecule has 0 atom stereocenters. The van der Waals surface area contributed by atoms with E-state index in [0.717, 1.165) is 11.1 Å². The Morgan fingerprint density at radius 1 is 1.00 bits per heavy atom. The van der Waals surface area contributed by atoms with E-state index in [2.05, 4.69) is 15.6 Å². The van der Waals surface area contributed by atoms with Crippen molar-refractivity contribution in [1.82, 2.24) is 10.6 Å². The van der Waals surface area contributed by atoms with Gasteiger partial charge in [0.05, 0.1) is 5.70 Å². The van der Waals surface area contributed by atoms with Gasteiger partial charge < -0.3 is 10.6 Å². The summed E-state index contributed by atoms with van der Waals surface area (Å²) in [5, 5.41) is 15.7. The van der Waals surface area contributed by atoms with E-state index in [-0.39, 0.29) is 23.7 Å². The molecule has 0 radical (unpaired) electrons. The maximum absolute atomic E-state index is 12.8. The van der Waals surface area contributed by atoms with Crippen LogP contribution in [0.1, 0.15) is 32.6 Å². The monoisotopic (exact) mass is 454 g/mol. The summed E-state index contributed by atoms with van der Waals surface area (Å²) in [6.45, 7) is 2.26. The molecule has 33 heavy (non-hydrogen) atoms. The molecular weight excluding hydrogens is 436 g/mol. The van der Waals surface area contributed by atoms with Gasteiger partial charge in [-0.3, -0.25) is 9.59 Å². The van der Waals surface area contributed by atoms with E-state index < -0.39 is 11.8 Å². The van der Waals surface area contributed by atoms with Crippen LogP contribution in [0.5, 0.6) is 0 Å². The molecule has 2 amide bonds. The molecule has 0 saturated heterocycles. The summed E-state index contributed by atoms with van der Waals surface area (Å²) in [6, 6.07) is 23.4. The summed E-state index contributed by atoms with van der Waals surface area (Å²) in [5.41, 5.74) is 3.73. The van der Waals surface area contributed by atoms with E-state index in [1.54, 1.807) is 48.5 Å². The number of aliphatic imine (C=N–C) groups is 1. The van der Waals surface area contributed by atoms with E-state index in [0.29, 0.717) is 21.7 Å². The van der Waals surface area contributed by atoms with Crippen LogP contribution in [-0.4, -0.2) is 17.6 Å². The van der Waals surface area contributed by atoms with Gasteiger partial charge in [-0.1, -0.05) is 71.8 Å². The number of carbonyl (C=O) groups excluding carboxylic acids is 2. The van der Waals surface area contributed by atoms with Crippen LogP contribution in [0.4, 0.5) is 0 Å². The molecule has 4 rings (SSSR count). The summed E-state index contributed by atoms with van der Waals surface area (Å²) in [7, 11) is 0.